The molecule has 482 valence electrons. The van der Waals surface area contributed by atoms with E-state index in [-0.39, 0.29) is 18.5 Å². The van der Waals surface area contributed by atoms with Crippen molar-refractivity contribution in [3.63, 3.8) is 0 Å². The monoisotopic (exact) mass is 1150 g/mol. The second kappa shape index (κ2) is 71.3. The molecule has 0 fully saturated rings. The van der Waals surface area contributed by atoms with E-state index in [9.17, 15) is 19.8 Å². The third-order valence-corrected chi connectivity index (χ3v) is 17.1. The lowest BCUT2D eigenvalue weighted by Crippen LogP contribution is -2.45. The van der Waals surface area contributed by atoms with Gasteiger partial charge in [0.2, 0.25) is 5.91 Å². The average molecular weight is 1150 g/mol. The molecule has 6 heteroatoms. The van der Waals surface area contributed by atoms with Gasteiger partial charge in [-0.1, -0.05) is 345 Å². The lowest BCUT2D eigenvalue weighted by molar-refractivity contribution is -0.143. The van der Waals surface area contributed by atoms with E-state index in [4.69, 9.17) is 4.74 Å². The maximum absolute atomic E-state index is 12.5. The van der Waals surface area contributed by atoms with Crippen molar-refractivity contribution in [2.24, 2.45) is 0 Å². The van der Waals surface area contributed by atoms with Crippen molar-refractivity contribution in [2.75, 3.05) is 13.2 Å². The normalized spacial score (nSPS) is 12.8. The van der Waals surface area contributed by atoms with Gasteiger partial charge in [-0.3, -0.25) is 9.59 Å². The third kappa shape index (κ3) is 67.0. The summed E-state index contributed by atoms with van der Waals surface area (Å²) in [4.78, 5) is 24.6. The van der Waals surface area contributed by atoms with Crippen LogP contribution in [-0.4, -0.2) is 47.4 Å². The van der Waals surface area contributed by atoms with Crippen molar-refractivity contribution in [1.29, 1.82) is 0 Å². The van der Waals surface area contributed by atoms with E-state index in [0.29, 0.717) is 19.4 Å². The summed E-state index contributed by atoms with van der Waals surface area (Å²) in [6.45, 7) is 4.91. The fourth-order valence-corrected chi connectivity index (χ4v) is 11.4. The maximum atomic E-state index is 12.5. The molecule has 0 saturated heterocycles. The number of rotatable bonds is 69. The van der Waals surface area contributed by atoms with Crippen molar-refractivity contribution < 1.29 is 24.5 Å². The second-order valence-electron chi connectivity index (χ2n) is 25.3. The molecule has 0 aliphatic heterocycles. The fraction of sp³-hybridized carbons (Fsp3) is 0.868. The van der Waals surface area contributed by atoms with Crippen molar-refractivity contribution in [1.82, 2.24) is 5.32 Å². The van der Waals surface area contributed by atoms with E-state index in [0.717, 1.165) is 51.4 Å². The fourth-order valence-electron chi connectivity index (χ4n) is 11.4. The van der Waals surface area contributed by atoms with Crippen LogP contribution in [0.4, 0.5) is 0 Å². The minimum absolute atomic E-state index is 0.00927. The first kappa shape index (κ1) is 79.8. The number of amides is 1. The SMILES string of the molecule is CCCCC/C=C\C/C=C\CCCCCCCCCC(=O)OCCCCCCCCCCCCCC/C=C\CCCCCCCCCCCCCCCCC(=O)NC(CO)C(O)/C=C/CCCCCCCCCCCCCCCCCC. The molecular weight excluding hydrogens is 1010 g/mol. The van der Waals surface area contributed by atoms with Crippen molar-refractivity contribution >= 4 is 11.9 Å². The number of aliphatic hydroxyl groups is 2. The zero-order chi connectivity index (χ0) is 59.2. The molecule has 0 aromatic heterocycles. The van der Waals surface area contributed by atoms with Crippen LogP contribution in [0.2, 0.25) is 0 Å². The number of carbonyl (C=O) groups is 2. The summed E-state index contributed by atoms with van der Waals surface area (Å²) in [6, 6.07) is -0.628. The van der Waals surface area contributed by atoms with Crippen LogP contribution in [0.5, 0.6) is 0 Å². The summed E-state index contributed by atoms with van der Waals surface area (Å²) >= 11 is 0. The molecule has 0 bridgehead atoms. The van der Waals surface area contributed by atoms with Crippen LogP contribution in [0.1, 0.15) is 399 Å². The van der Waals surface area contributed by atoms with Gasteiger partial charge in [0.15, 0.2) is 0 Å². The number of carbonyl (C=O) groups excluding carboxylic acids is 2. The Kier molecular flexibility index (Phi) is 69.4. The van der Waals surface area contributed by atoms with Gasteiger partial charge in [-0.2, -0.15) is 0 Å². The van der Waals surface area contributed by atoms with E-state index in [2.05, 4.69) is 55.6 Å². The first-order valence-corrected chi connectivity index (χ1v) is 36.9. The number of esters is 1. The van der Waals surface area contributed by atoms with Gasteiger partial charge < -0.3 is 20.3 Å². The van der Waals surface area contributed by atoms with Crippen LogP contribution in [0.15, 0.2) is 48.6 Å². The van der Waals surface area contributed by atoms with Gasteiger partial charge >= 0.3 is 5.97 Å². The van der Waals surface area contributed by atoms with E-state index >= 15 is 0 Å². The smallest absolute Gasteiger partial charge is 0.305 e. The van der Waals surface area contributed by atoms with Gasteiger partial charge in [-0.25, -0.2) is 0 Å². The Labute approximate surface area is 512 Å². The molecule has 0 radical (unpaired) electrons. The first-order chi connectivity index (χ1) is 40.5. The number of hydrogen-bond acceptors (Lipinski definition) is 5. The van der Waals surface area contributed by atoms with Crippen molar-refractivity contribution in [3.05, 3.63) is 48.6 Å². The molecule has 0 aliphatic rings. The molecule has 0 aliphatic carbocycles. The molecule has 1 amide bonds. The highest BCUT2D eigenvalue weighted by Crippen LogP contribution is 2.18. The molecule has 0 rings (SSSR count). The molecule has 0 saturated carbocycles. The van der Waals surface area contributed by atoms with Crippen LogP contribution in [0.25, 0.3) is 0 Å². The Bertz CT molecular complexity index is 1370. The molecule has 0 heterocycles. The summed E-state index contributed by atoms with van der Waals surface area (Å²) < 4.78 is 5.50. The predicted octanol–water partition coefficient (Wildman–Crippen LogP) is 24.0. The second-order valence-corrected chi connectivity index (χ2v) is 25.3. The zero-order valence-corrected chi connectivity index (χ0v) is 55.2. The predicted molar refractivity (Wildman–Crippen MR) is 361 cm³/mol. The molecular formula is C76H143NO5. The highest BCUT2D eigenvalue weighted by molar-refractivity contribution is 5.76. The van der Waals surface area contributed by atoms with Gasteiger partial charge in [-0.05, 0) is 89.9 Å². The van der Waals surface area contributed by atoms with Gasteiger partial charge in [0, 0.05) is 12.8 Å². The first-order valence-electron chi connectivity index (χ1n) is 36.9. The van der Waals surface area contributed by atoms with Gasteiger partial charge in [0.05, 0.1) is 25.4 Å². The molecule has 6 nitrogen and oxygen atoms in total. The Balaban J connectivity index is 3.39. The standard InChI is InChI=1S/C76H143NO5/c1-3-5-7-9-11-13-15-17-19-21-37-40-44-48-52-56-60-64-68-74(79)73(72-78)77-75(80)69-65-61-57-53-49-45-41-38-34-32-30-28-26-24-22-23-25-27-29-31-33-35-39-43-47-51-55-59-63-67-71-82-76(81)70-66-62-58-54-50-46-42-36-20-18-16-14-12-10-8-6-4-2/h12,14,18,20,23,25,64,68,73-74,78-79H,3-11,13,15-17,19,21-22,24,26-63,65-67,69-72H2,1-2H3,(H,77,80)/b14-12-,20-18-,25-23-,68-64+. The number of allylic oxidation sites excluding steroid dienone is 7. The summed E-state index contributed by atoms with van der Waals surface area (Å²) in [7, 11) is 0. The topological polar surface area (TPSA) is 95.9 Å². The van der Waals surface area contributed by atoms with E-state index in [1.165, 1.54) is 321 Å². The molecule has 0 aromatic carbocycles. The Hall–Kier alpha value is -2.18. The summed E-state index contributed by atoms with van der Waals surface area (Å²) in [5.74, 6) is -0.0543. The van der Waals surface area contributed by atoms with Gasteiger partial charge in [0.1, 0.15) is 0 Å². The summed E-state index contributed by atoms with van der Waals surface area (Å²) in [6.07, 6.45) is 93.4. The lowest BCUT2D eigenvalue weighted by Gasteiger charge is -2.20. The van der Waals surface area contributed by atoms with Crippen LogP contribution in [-0.2, 0) is 14.3 Å². The molecule has 2 atom stereocenters. The molecule has 2 unspecified atom stereocenters. The Morgan fingerprint density at radius 2 is 0.610 bits per heavy atom. The quantitative estimate of drug-likeness (QED) is 0.0320. The molecule has 82 heavy (non-hydrogen) atoms. The number of unbranched alkanes of at least 4 members (excludes halogenated alkanes) is 52. The average Bonchev–Trinajstić information content (AvgIpc) is 3.48. The van der Waals surface area contributed by atoms with Crippen molar-refractivity contribution in [2.45, 2.75) is 411 Å². The van der Waals surface area contributed by atoms with Crippen LogP contribution in [0, 0.1) is 0 Å². The van der Waals surface area contributed by atoms with Crippen molar-refractivity contribution in [3.8, 4) is 0 Å². The minimum Gasteiger partial charge on any atom is -0.466 e. The molecule has 0 spiro atoms. The highest BCUT2D eigenvalue weighted by atomic mass is 16.5. The lowest BCUT2D eigenvalue weighted by atomic mass is 10.0. The van der Waals surface area contributed by atoms with Gasteiger partial charge in [-0.15, -0.1) is 0 Å². The van der Waals surface area contributed by atoms with E-state index in [1.54, 1.807) is 6.08 Å². The number of hydrogen-bond donors (Lipinski definition) is 3. The summed E-state index contributed by atoms with van der Waals surface area (Å²) in [5, 5.41) is 23.2. The Morgan fingerprint density at radius 3 is 0.963 bits per heavy atom. The summed E-state index contributed by atoms with van der Waals surface area (Å²) in [5.41, 5.74) is 0. The third-order valence-electron chi connectivity index (χ3n) is 17.1. The van der Waals surface area contributed by atoms with Crippen LogP contribution in [0.3, 0.4) is 0 Å². The maximum Gasteiger partial charge on any atom is 0.305 e. The Morgan fingerprint density at radius 1 is 0.341 bits per heavy atom. The van der Waals surface area contributed by atoms with Crippen LogP contribution >= 0.6 is 0 Å². The molecule has 3 N–H and O–H groups in total. The van der Waals surface area contributed by atoms with E-state index in [1.807, 2.05) is 6.08 Å². The number of nitrogens with one attached hydrogen (secondary N) is 1. The minimum atomic E-state index is -0.844. The largest absolute Gasteiger partial charge is 0.466 e. The molecule has 0 aromatic rings. The van der Waals surface area contributed by atoms with Crippen LogP contribution < -0.4 is 5.32 Å². The van der Waals surface area contributed by atoms with Gasteiger partial charge in [0.25, 0.3) is 0 Å². The number of ether oxygens (including phenoxy) is 1. The highest BCUT2D eigenvalue weighted by Gasteiger charge is 2.18. The van der Waals surface area contributed by atoms with E-state index < -0.39 is 12.1 Å². The zero-order valence-electron chi connectivity index (χ0n) is 55.2. The number of aliphatic hydroxyl groups excluding tert-OH is 2.